The van der Waals surface area contributed by atoms with Crippen LogP contribution in [-0.2, 0) is 0 Å². The SMILES string of the molecule is CCN1CCN(C(=O)c2cc(F)cnc2N)CC1C. The van der Waals surface area contributed by atoms with Gasteiger partial charge in [-0.25, -0.2) is 9.37 Å². The maximum absolute atomic E-state index is 13.2. The summed E-state index contributed by atoms with van der Waals surface area (Å²) < 4.78 is 13.2. The molecule has 0 aromatic carbocycles. The molecule has 104 valence electrons. The number of piperazine rings is 1. The van der Waals surface area contributed by atoms with Gasteiger partial charge >= 0.3 is 0 Å². The largest absolute Gasteiger partial charge is 0.383 e. The van der Waals surface area contributed by atoms with Crippen LogP contribution in [0.2, 0.25) is 0 Å². The van der Waals surface area contributed by atoms with E-state index < -0.39 is 5.82 Å². The van der Waals surface area contributed by atoms with Crippen molar-refractivity contribution in [2.24, 2.45) is 0 Å². The zero-order valence-corrected chi connectivity index (χ0v) is 11.3. The van der Waals surface area contributed by atoms with Gasteiger partial charge in [0, 0.05) is 25.7 Å². The number of anilines is 1. The molecule has 1 atom stereocenters. The monoisotopic (exact) mass is 266 g/mol. The molecule has 2 heterocycles. The number of carbonyl (C=O) groups is 1. The quantitative estimate of drug-likeness (QED) is 0.866. The van der Waals surface area contributed by atoms with Crippen LogP contribution < -0.4 is 5.73 Å². The van der Waals surface area contributed by atoms with Gasteiger partial charge in [-0.15, -0.1) is 0 Å². The first kappa shape index (κ1) is 13.7. The summed E-state index contributed by atoms with van der Waals surface area (Å²) >= 11 is 0. The van der Waals surface area contributed by atoms with Crippen molar-refractivity contribution in [2.45, 2.75) is 19.9 Å². The molecule has 0 bridgehead atoms. The normalized spacial score (nSPS) is 20.6. The summed E-state index contributed by atoms with van der Waals surface area (Å²) in [6.07, 6.45) is 1.02. The molecule has 0 spiro atoms. The highest BCUT2D eigenvalue weighted by molar-refractivity contribution is 5.98. The number of hydrogen-bond donors (Lipinski definition) is 1. The molecule has 1 aromatic rings. The van der Waals surface area contributed by atoms with Crippen LogP contribution >= 0.6 is 0 Å². The second-order valence-electron chi connectivity index (χ2n) is 4.82. The van der Waals surface area contributed by atoms with E-state index in [0.29, 0.717) is 19.1 Å². The maximum atomic E-state index is 13.2. The fourth-order valence-corrected chi connectivity index (χ4v) is 2.44. The third kappa shape index (κ3) is 2.84. The first-order valence-electron chi connectivity index (χ1n) is 6.47. The minimum atomic E-state index is -0.544. The Balaban J connectivity index is 2.14. The molecular formula is C13H19FN4O. The Hall–Kier alpha value is -1.69. The van der Waals surface area contributed by atoms with Crippen molar-refractivity contribution in [3.63, 3.8) is 0 Å². The fraction of sp³-hybridized carbons (Fsp3) is 0.538. The molecule has 1 saturated heterocycles. The molecule has 1 fully saturated rings. The summed E-state index contributed by atoms with van der Waals surface area (Å²) in [5.74, 6) is -0.707. The molecule has 5 nitrogen and oxygen atoms in total. The number of nitrogen functional groups attached to an aromatic ring is 1. The molecule has 2 rings (SSSR count). The number of halogens is 1. The van der Waals surface area contributed by atoms with Gasteiger partial charge in [0.1, 0.15) is 11.6 Å². The molecular weight excluding hydrogens is 247 g/mol. The summed E-state index contributed by atoms with van der Waals surface area (Å²) in [5.41, 5.74) is 5.80. The summed E-state index contributed by atoms with van der Waals surface area (Å²) in [5, 5.41) is 0. The topological polar surface area (TPSA) is 62.5 Å². The van der Waals surface area contributed by atoms with Crippen molar-refractivity contribution in [1.29, 1.82) is 0 Å². The number of aromatic nitrogens is 1. The van der Waals surface area contributed by atoms with Gasteiger partial charge < -0.3 is 10.6 Å². The van der Waals surface area contributed by atoms with Crippen LogP contribution in [-0.4, -0.2) is 52.9 Å². The average molecular weight is 266 g/mol. The van der Waals surface area contributed by atoms with Gasteiger partial charge in [-0.05, 0) is 19.5 Å². The zero-order valence-electron chi connectivity index (χ0n) is 11.3. The lowest BCUT2D eigenvalue weighted by Gasteiger charge is -2.39. The van der Waals surface area contributed by atoms with Crippen LogP contribution in [0.15, 0.2) is 12.3 Å². The Morgan fingerprint density at radius 3 is 2.95 bits per heavy atom. The minimum absolute atomic E-state index is 0.0805. The van der Waals surface area contributed by atoms with Gasteiger partial charge in [0.15, 0.2) is 0 Å². The Labute approximate surface area is 112 Å². The summed E-state index contributed by atoms with van der Waals surface area (Å²) in [7, 11) is 0. The van der Waals surface area contributed by atoms with E-state index in [1.807, 2.05) is 0 Å². The van der Waals surface area contributed by atoms with E-state index in [-0.39, 0.29) is 17.3 Å². The van der Waals surface area contributed by atoms with Gasteiger partial charge in [-0.3, -0.25) is 9.69 Å². The lowest BCUT2D eigenvalue weighted by atomic mass is 10.1. The summed E-state index contributed by atoms with van der Waals surface area (Å²) in [6, 6.07) is 1.45. The number of hydrogen-bond acceptors (Lipinski definition) is 4. The smallest absolute Gasteiger partial charge is 0.257 e. The van der Waals surface area contributed by atoms with Crippen LogP contribution in [0.3, 0.4) is 0 Å². The second kappa shape index (κ2) is 5.52. The van der Waals surface area contributed by atoms with Crippen molar-refractivity contribution in [1.82, 2.24) is 14.8 Å². The van der Waals surface area contributed by atoms with E-state index in [9.17, 15) is 9.18 Å². The summed E-state index contributed by atoms with van der Waals surface area (Å²) in [6.45, 7) is 7.23. The highest BCUT2D eigenvalue weighted by Gasteiger charge is 2.27. The third-order valence-electron chi connectivity index (χ3n) is 3.57. The lowest BCUT2D eigenvalue weighted by Crippen LogP contribution is -2.53. The Morgan fingerprint density at radius 1 is 1.58 bits per heavy atom. The van der Waals surface area contributed by atoms with Crippen LogP contribution in [0.5, 0.6) is 0 Å². The van der Waals surface area contributed by atoms with Crippen LogP contribution in [0.4, 0.5) is 10.2 Å². The van der Waals surface area contributed by atoms with Crippen LogP contribution in [0, 0.1) is 5.82 Å². The van der Waals surface area contributed by atoms with E-state index in [2.05, 4.69) is 23.7 Å². The van der Waals surface area contributed by atoms with Crippen molar-refractivity contribution >= 4 is 11.7 Å². The molecule has 6 heteroatoms. The first-order valence-corrected chi connectivity index (χ1v) is 6.47. The van der Waals surface area contributed by atoms with Crippen molar-refractivity contribution in [3.05, 3.63) is 23.6 Å². The Morgan fingerprint density at radius 2 is 2.32 bits per heavy atom. The predicted molar refractivity (Wildman–Crippen MR) is 71.2 cm³/mol. The highest BCUT2D eigenvalue weighted by Crippen LogP contribution is 2.16. The minimum Gasteiger partial charge on any atom is -0.383 e. The number of nitrogens with zero attached hydrogens (tertiary/aromatic N) is 3. The zero-order chi connectivity index (χ0) is 14.0. The molecule has 1 amide bonds. The molecule has 1 unspecified atom stereocenters. The van der Waals surface area contributed by atoms with Gasteiger partial charge in [0.2, 0.25) is 0 Å². The molecule has 0 aliphatic carbocycles. The first-order chi connectivity index (χ1) is 9.02. The third-order valence-corrected chi connectivity index (χ3v) is 3.57. The molecule has 0 saturated carbocycles. The van der Waals surface area contributed by atoms with E-state index in [0.717, 1.165) is 25.4 Å². The van der Waals surface area contributed by atoms with Gasteiger partial charge in [-0.1, -0.05) is 6.92 Å². The number of nitrogens with two attached hydrogens (primary N) is 1. The molecule has 1 aliphatic heterocycles. The van der Waals surface area contributed by atoms with E-state index in [1.54, 1.807) is 4.90 Å². The Bertz CT molecular complexity index is 480. The van der Waals surface area contributed by atoms with Gasteiger partial charge in [0.25, 0.3) is 5.91 Å². The number of pyridine rings is 1. The maximum Gasteiger partial charge on any atom is 0.257 e. The fourth-order valence-electron chi connectivity index (χ4n) is 2.44. The van der Waals surface area contributed by atoms with E-state index in [1.165, 1.54) is 0 Å². The summed E-state index contributed by atoms with van der Waals surface area (Å²) in [4.78, 5) is 20.0. The van der Waals surface area contributed by atoms with Gasteiger partial charge in [-0.2, -0.15) is 0 Å². The molecule has 19 heavy (non-hydrogen) atoms. The van der Waals surface area contributed by atoms with Crippen LogP contribution in [0.25, 0.3) is 0 Å². The second-order valence-corrected chi connectivity index (χ2v) is 4.82. The number of rotatable bonds is 2. The Kier molecular flexibility index (Phi) is 3.99. The standard InChI is InChI=1S/C13H19FN4O/c1-3-17-4-5-18(8-9(17)2)13(19)11-6-10(14)7-16-12(11)15/h6-7,9H,3-5,8H2,1-2H3,(H2,15,16). The van der Waals surface area contributed by atoms with Crippen LogP contribution in [0.1, 0.15) is 24.2 Å². The number of amides is 1. The molecule has 1 aliphatic rings. The number of likely N-dealkylation sites (N-methyl/N-ethyl adjacent to an activating group) is 1. The van der Waals surface area contributed by atoms with Crippen molar-refractivity contribution in [2.75, 3.05) is 31.9 Å². The highest BCUT2D eigenvalue weighted by atomic mass is 19.1. The van der Waals surface area contributed by atoms with E-state index >= 15 is 0 Å². The lowest BCUT2D eigenvalue weighted by molar-refractivity contribution is 0.0528. The van der Waals surface area contributed by atoms with E-state index in [4.69, 9.17) is 5.73 Å². The molecule has 0 radical (unpaired) electrons. The average Bonchev–Trinajstić information content (AvgIpc) is 2.40. The van der Waals surface area contributed by atoms with Crippen molar-refractivity contribution < 1.29 is 9.18 Å². The van der Waals surface area contributed by atoms with Crippen molar-refractivity contribution in [3.8, 4) is 0 Å². The van der Waals surface area contributed by atoms with Gasteiger partial charge in [0.05, 0.1) is 11.8 Å². The predicted octanol–water partition coefficient (Wildman–Crippen LogP) is 0.969. The molecule has 1 aromatic heterocycles. The number of carbonyl (C=O) groups excluding carboxylic acids is 1. The molecule has 2 N–H and O–H groups in total.